The molecule has 0 saturated heterocycles. The summed E-state index contributed by atoms with van der Waals surface area (Å²) in [6.07, 6.45) is 2.16. The summed E-state index contributed by atoms with van der Waals surface area (Å²) in [6, 6.07) is 8.24. The van der Waals surface area contributed by atoms with Crippen LogP contribution in [0, 0.1) is 0 Å². The number of nitrogens with two attached hydrogens (primary N) is 1. The lowest BCUT2D eigenvalue weighted by Crippen LogP contribution is -2.32. The van der Waals surface area contributed by atoms with E-state index in [-0.39, 0.29) is 6.10 Å². The van der Waals surface area contributed by atoms with Gasteiger partial charge in [-0.1, -0.05) is 12.1 Å². The standard InChI is InChI=1S/C15H24N2O2/c1-2-18-13(12-16)8-10-17-9-5-11-19-15-7-4-3-6-14(15)17/h3-4,6-7,13H,2,5,8-12,16H2,1H3. The summed E-state index contributed by atoms with van der Waals surface area (Å²) in [7, 11) is 0. The summed E-state index contributed by atoms with van der Waals surface area (Å²) in [6.45, 7) is 6.10. The summed E-state index contributed by atoms with van der Waals surface area (Å²) in [4.78, 5) is 2.38. The Bertz CT molecular complexity index is 384. The van der Waals surface area contributed by atoms with Crippen molar-refractivity contribution < 1.29 is 9.47 Å². The van der Waals surface area contributed by atoms with Crippen molar-refractivity contribution in [2.45, 2.75) is 25.9 Å². The van der Waals surface area contributed by atoms with Gasteiger partial charge in [0.25, 0.3) is 0 Å². The highest BCUT2D eigenvalue weighted by Gasteiger charge is 2.17. The molecule has 0 spiro atoms. The lowest BCUT2D eigenvalue weighted by atomic mass is 10.2. The van der Waals surface area contributed by atoms with Gasteiger partial charge in [-0.25, -0.2) is 0 Å². The third-order valence-corrected chi connectivity index (χ3v) is 3.42. The molecule has 0 fully saturated rings. The van der Waals surface area contributed by atoms with E-state index in [1.165, 1.54) is 5.69 Å². The number of para-hydroxylation sites is 2. The lowest BCUT2D eigenvalue weighted by molar-refractivity contribution is 0.0644. The van der Waals surface area contributed by atoms with Crippen LogP contribution in [-0.4, -0.2) is 39.0 Å². The minimum Gasteiger partial charge on any atom is -0.491 e. The Morgan fingerprint density at radius 3 is 3.05 bits per heavy atom. The molecule has 1 aromatic rings. The Balaban J connectivity index is 1.99. The fraction of sp³-hybridized carbons (Fsp3) is 0.600. The molecule has 0 aromatic heterocycles. The van der Waals surface area contributed by atoms with Gasteiger partial charge in [0.05, 0.1) is 18.4 Å². The number of hydrogen-bond donors (Lipinski definition) is 1. The molecule has 0 bridgehead atoms. The van der Waals surface area contributed by atoms with Gasteiger partial charge in [0.15, 0.2) is 0 Å². The number of anilines is 1. The molecule has 4 nitrogen and oxygen atoms in total. The Labute approximate surface area is 115 Å². The molecule has 0 radical (unpaired) electrons. The molecule has 1 heterocycles. The smallest absolute Gasteiger partial charge is 0.142 e. The molecule has 0 amide bonds. The van der Waals surface area contributed by atoms with E-state index in [9.17, 15) is 0 Å². The molecular weight excluding hydrogens is 240 g/mol. The van der Waals surface area contributed by atoms with Crippen molar-refractivity contribution >= 4 is 5.69 Å². The fourth-order valence-corrected chi connectivity index (χ4v) is 2.44. The number of nitrogens with zero attached hydrogens (tertiary/aromatic N) is 1. The minimum atomic E-state index is 0.154. The molecule has 0 saturated carbocycles. The second-order valence-electron chi connectivity index (χ2n) is 4.76. The average molecular weight is 264 g/mol. The van der Waals surface area contributed by atoms with Crippen molar-refractivity contribution in [3.63, 3.8) is 0 Å². The van der Waals surface area contributed by atoms with Gasteiger partial charge >= 0.3 is 0 Å². The molecule has 1 aromatic carbocycles. The van der Waals surface area contributed by atoms with Crippen LogP contribution >= 0.6 is 0 Å². The maximum absolute atomic E-state index is 5.76. The van der Waals surface area contributed by atoms with Gasteiger partial charge in [0.1, 0.15) is 5.75 Å². The molecule has 19 heavy (non-hydrogen) atoms. The van der Waals surface area contributed by atoms with E-state index in [1.54, 1.807) is 0 Å². The van der Waals surface area contributed by atoms with Gasteiger partial charge in [0.2, 0.25) is 0 Å². The summed E-state index contributed by atoms with van der Waals surface area (Å²) < 4.78 is 11.4. The van der Waals surface area contributed by atoms with E-state index in [1.807, 2.05) is 19.1 Å². The first-order valence-electron chi connectivity index (χ1n) is 7.13. The zero-order valence-corrected chi connectivity index (χ0v) is 11.7. The Kier molecular flexibility index (Phi) is 5.48. The second-order valence-corrected chi connectivity index (χ2v) is 4.76. The number of ether oxygens (including phenoxy) is 2. The van der Waals surface area contributed by atoms with Crippen LogP contribution in [0.5, 0.6) is 5.75 Å². The lowest BCUT2D eigenvalue weighted by Gasteiger charge is -2.26. The van der Waals surface area contributed by atoms with Gasteiger partial charge in [-0.15, -0.1) is 0 Å². The number of fused-ring (bicyclic) bond motifs is 1. The molecule has 4 heteroatoms. The van der Waals surface area contributed by atoms with Crippen LogP contribution in [0.3, 0.4) is 0 Å². The zero-order valence-electron chi connectivity index (χ0n) is 11.7. The van der Waals surface area contributed by atoms with E-state index in [2.05, 4.69) is 17.0 Å². The van der Waals surface area contributed by atoms with Gasteiger partial charge in [0, 0.05) is 26.2 Å². The Morgan fingerprint density at radius 2 is 2.26 bits per heavy atom. The van der Waals surface area contributed by atoms with Crippen LogP contribution in [0.1, 0.15) is 19.8 Å². The second kappa shape index (κ2) is 7.36. The van der Waals surface area contributed by atoms with E-state index in [4.69, 9.17) is 15.2 Å². The van der Waals surface area contributed by atoms with Crippen molar-refractivity contribution in [1.82, 2.24) is 0 Å². The first kappa shape index (κ1) is 14.2. The van der Waals surface area contributed by atoms with Crippen LogP contribution in [0.4, 0.5) is 5.69 Å². The van der Waals surface area contributed by atoms with Gasteiger partial charge < -0.3 is 20.1 Å². The maximum atomic E-state index is 5.76. The molecule has 1 aliphatic heterocycles. The third kappa shape index (κ3) is 3.85. The van der Waals surface area contributed by atoms with Crippen molar-refractivity contribution in [3.05, 3.63) is 24.3 Å². The third-order valence-electron chi connectivity index (χ3n) is 3.42. The SMILES string of the molecule is CCOC(CN)CCN1CCCOc2ccccc21. The van der Waals surface area contributed by atoms with Crippen LogP contribution in [0.2, 0.25) is 0 Å². The highest BCUT2D eigenvalue weighted by Crippen LogP contribution is 2.30. The predicted octanol–water partition coefficient (Wildman–Crippen LogP) is 2.03. The van der Waals surface area contributed by atoms with E-state index in [0.717, 1.165) is 44.9 Å². The summed E-state index contributed by atoms with van der Waals surface area (Å²) in [5.74, 6) is 0.987. The van der Waals surface area contributed by atoms with Gasteiger partial charge in [-0.2, -0.15) is 0 Å². The first-order valence-corrected chi connectivity index (χ1v) is 7.13. The molecule has 0 aliphatic carbocycles. The van der Waals surface area contributed by atoms with Crippen LogP contribution in [-0.2, 0) is 4.74 Å². The van der Waals surface area contributed by atoms with Crippen LogP contribution in [0.25, 0.3) is 0 Å². The highest BCUT2D eigenvalue weighted by atomic mass is 16.5. The molecule has 106 valence electrons. The Morgan fingerprint density at radius 1 is 1.42 bits per heavy atom. The molecule has 1 atom stereocenters. The Hall–Kier alpha value is -1.26. The van der Waals surface area contributed by atoms with Crippen LogP contribution < -0.4 is 15.4 Å². The van der Waals surface area contributed by atoms with Gasteiger partial charge in [-0.05, 0) is 31.9 Å². The topological polar surface area (TPSA) is 47.7 Å². The maximum Gasteiger partial charge on any atom is 0.142 e. The molecule has 1 aliphatic rings. The largest absolute Gasteiger partial charge is 0.491 e. The van der Waals surface area contributed by atoms with E-state index >= 15 is 0 Å². The number of hydrogen-bond acceptors (Lipinski definition) is 4. The number of rotatable bonds is 6. The van der Waals surface area contributed by atoms with Gasteiger partial charge in [-0.3, -0.25) is 0 Å². The number of benzene rings is 1. The van der Waals surface area contributed by atoms with E-state index in [0.29, 0.717) is 6.54 Å². The molecular formula is C15H24N2O2. The summed E-state index contributed by atoms with van der Waals surface area (Å²) in [5, 5.41) is 0. The van der Waals surface area contributed by atoms with Crippen molar-refractivity contribution in [1.29, 1.82) is 0 Å². The summed E-state index contributed by atoms with van der Waals surface area (Å²) >= 11 is 0. The highest BCUT2D eigenvalue weighted by molar-refractivity contribution is 5.58. The van der Waals surface area contributed by atoms with Crippen LogP contribution in [0.15, 0.2) is 24.3 Å². The summed E-state index contributed by atoms with van der Waals surface area (Å²) in [5.41, 5.74) is 6.92. The normalized spacial score (nSPS) is 16.4. The monoisotopic (exact) mass is 264 g/mol. The fourth-order valence-electron chi connectivity index (χ4n) is 2.44. The zero-order chi connectivity index (χ0) is 13.5. The predicted molar refractivity (Wildman–Crippen MR) is 77.9 cm³/mol. The molecule has 2 rings (SSSR count). The average Bonchev–Trinajstić information content (AvgIpc) is 2.66. The quantitative estimate of drug-likeness (QED) is 0.854. The molecule has 2 N–H and O–H groups in total. The molecule has 1 unspecified atom stereocenters. The van der Waals surface area contributed by atoms with Crippen molar-refractivity contribution in [3.8, 4) is 5.75 Å². The van der Waals surface area contributed by atoms with Crippen molar-refractivity contribution in [2.75, 3.05) is 37.7 Å². The van der Waals surface area contributed by atoms with E-state index < -0.39 is 0 Å². The minimum absolute atomic E-state index is 0.154. The first-order chi connectivity index (χ1) is 9.35. The van der Waals surface area contributed by atoms with Crippen molar-refractivity contribution in [2.24, 2.45) is 5.73 Å².